The number of carbonyl (C=O) groups is 2. The Morgan fingerprint density at radius 1 is 1.09 bits per heavy atom. The molecule has 1 unspecified atom stereocenters. The number of amides is 2. The van der Waals surface area contributed by atoms with E-state index >= 15 is 0 Å². The van der Waals surface area contributed by atoms with Gasteiger partial charge in [-0.3, -0.25) is 19.3 Å². The molecule has 15 heteroatoms. The van der Waals surface area contributed by atoms with Crippen LogP contribution in [0.1, 0.15) is 58.0 Å². The maximum Gasteiger partial charge on any atom is 0.435 e. The van der Waals surface area contributed by atoms with E-state index in [-0.39, 0.29) is 35.2 Å². The quantitative estimate of drug-likeness (QED) is 0.220. The highest BCUT2D eigenvalue weighted by Gasteiger charge is 2.51. The molecular formula is C31H25F8N5O2. The van der Waals surface area contributed by atoms with Crippen molar-refractivity contribution in [1.82, 2.24) is 20.1 Å². The molecule has 242 valence electrons. The van der Waals surface area contributed by atoms with Crippen LogP contribution in [0.15, 0.2) is 54.7 Å². The molecule has 1 aliphatic carbocycles. The number of hydrogen-bond acceptors (Lipinski definition) is 4. The fraction of sp³-hybridized carbons (Fsp3) is 0.290. The predicted molar refractivity (Wildman–Crippen MR) is 148 cm³/mol. The van der Waals surface area contributed by atoms with Gasteiger partial charge in [-0.1, -0.05) is 19.1 Å². The maximum atomic E-state index is 14.9. The number of benzene rings is 2. The molecule has 3 N–H and O–H groups in total. The molecule has 2 aromatic carbocycles. The average molecular weight is 652 g/mol. The zero-order chi connectivity index (χ0) is 33.6. The molecule has 1 aliphatic rings. The molecule has 0 bridgehead atoms. The van der Waals surface area contributed by atoms with Gasteiger partial charge in [0.15, 0.2) is 5.69 Å². The summed E-state index contributed by atoms with van der Waals surface area (Å²) in [5, 5.41) is 5.95. The third kappa shape index (κ3) is 6.72. The minimum atomic E-state index is -5.22. The van der Waals surface area contributed by atoms with Crippen LogP contribution in [0.3, 0.4) is 0 Å². The van der Waals surface area contributed by atoms with E-state index in [1.54, 1.807) is 0 Å². The van der Waals surface area contributed by atoms with Gasteiger partial charge in [0, 0.05) is 29.9 Å². The normalized spacial score (nSPS) is 16.5. The van der Waals surface area contributed by atoms with E-state index in [0.717, 1.165) is 24.3 Å². The number of nitrogens with zero attached hydrogens (tertiary/aromatic N) is 3. The summed E-state index contributed by atoms with van der Waals surface area (Å²) < 4.78 is 114. The minimum absolute atomic E-state index is 0.0561. The van der Waals surface area contributed by atoms with Crippen LogP contribution in [0.4, 0.5) is 35.1 Å². The number of pyridine rings is 1. The molecule has 2 aromatic heterocycles. The monoisotopic (exact) mass is 651 g/mol. The van der Waals surface area contributed by atoms with Crippen molar-refractivity contribution in [2.24, 2.45) is 11.7 Å². The first-order valence-electron chi connectivity index (χ1n) is 13.9. The first kappa shape index (κ1) is 32.6. The number of alkyl halides is 5. The maximum absolute atomic E-state index is 14.9. The van der Waals surface area contributed by atoms with Crippen LogP contribution in [0.25, 0.3) is 11.1 Å². The van der Waals surface area contributed by atoms with Crippen molar-refractivity contribution in [3.05, 3.63) is 106 Å². The zero-order valence-corrected chi connectivity index (χ0v) is 23.9. The number of fused-ring (bicyclic) bond motifs is 1. The van der Waals surface area contributed by atoms with Crippen LogP contribution in [0.5, 0.6) is 0 Å². The van der Waals surface area contributed by atoms with Crippen LogP contribution < -0.4 is 11.1 Å². The third-order valence-electron chi connectivity index (χ3n) is 7.54. The van der Waals surface area contributed by atoms with Gasteiger partial charge < -0.3 is 11.1 Å². The van der Waals surface area contributed by atoms with Crippen molar-refractivity contribution >= 4 is 11.8 Å². The fourth-order valence-corrected chi connectivity index (χ4v) is 5.74. The first-order valence-corrected chi connectivity index (χ1v) is 13.9. The lowest BCUT2D eigenvalue weighted by Crippen LogP contribution is -2.35. The molecular weight excluding hydrogens is 626 g/mol. The molecule has 0 fully saturated rings. The first-order chi connectivity index (χ1) is 21.5. The van der Waals surface area contributed by atoms with Crippen molar-refractivity contribution in [1.29, 1.82) is 0 Å². The van der Waals surface area contributed by atoms with Crippen LogP contribution >= 0.6 is 0 Å². The van der Waals surface area contributed by atoms with Crippen molar-refractivity contribution in [2.45, 2.75) is 50.9 Å². The van der Waals surface area contributed by atoms with Crippen molar-refractivity contribution < 1.29 is 44.7 Å². The Labute approximate surface area is 256 Å². The van der Waals surface area contributed by atoms with Gasteiger partial charge in [0.1, 0.15) is 24.0 Å². The summed E-state index contributed by atoms with van der Waals surface area (Å²) in [5.74, 6) is -9.34. The largest absolute Gasteiger partial charge is 0.435 e. The van der Waals surface area contributed by atoms with Gasteiger partial charge in [-0.05, 0) is 60.2 Å². The van der Waals surface area contributed by atoms with E-state index in [9.17, 15) is 44.7 Å². The summed E-state index contributed by atoms with van der Waals surface area (Å²) >= 11 is 0. The number of rotatable bonds is 8. The number of halogens is 8. The van der Waals surface area contributed by atoms with Crippen LogP contribution in [-0.2, 0) is 36.3 Å². The summed E-state index contributed by atoms with van der Waals surface area (Å²) in [5.41, 5.74) is 1.95. The predicted octanol–water partition coefficient (Wildman–Crippen LogP) is 6.25. The number of primary amides is 1. The third-order valence-corrected chi connectivity index (χ3v) is 7.54. The smallest absolute Gasteiger partial charge is 0.366 e. The Kier molecular flexibility index (Phi) is 8.62. The molecule has 0 saturated carbocycles. The standard InChI is InChI=1S/C31H25F8N5O2/c1-15-7-24-26(30(35,36)13-15)28(31(37,38)39)43-44(24)14-25(45)42-23(10-16-8-18(32)12-19(33)9-16)27-20(3-2-6-41-27)17-4-5-22(34)21(11-17)29(40)46/h2-6,8-9,11-12,15,23H,7,10,13-14H2,1H3,(H2,40,46)(H,42,45)/t15?,23-/m0/s1. The summed E-state index contributed by atoms with van der Waals surface area (Å²) in [4.78, 5) is 29.5. The molecule has 5 rings (SSSR count). The number of nitrogens with one attached hydrogen (secondary N) is 1. The molecule has 0 radical (unpaired) electrons. The number of nitrogens with two attached hydrogens (primary N) is 1. The molecule has 0 aliphatic heterocycles. The number of carbonyl (C=O) groups excluding carboxylic acids is 2. The fourth-order valence-electron chi connectivity index (χ4n) is 5.74. The minimum Gasteiger partial charge on any atom is -0.366 e. The lowest BCUT2D eigenvalue weighted by Gasteiger charge is -2.28. The SMILES string of the molecule is CC1Cc2c(c(C(F)(F)F)nn2CC(=O)N[C@@H](Cc2cc(F)cc(F)c2)c2ncccc2-c2ccc(F)c(C(N)=O)c2)C(F)(F)C1. The van der Waals surface area contributed by atoms with E-state index in [4.69, 9.17) is 5.73 Å². The van der Waals surface area contributed by atoms with Crippen LogP contribution in [-0.4, -0.2) is 26.6 Å². The highest BCUT2D eigenvalue weighted by molar-refractivity contribution is 5.94. The van der Waals surface area contributed by atoms with Crippen molar-refractivity contribution in [2.75, 3.05) is 0 Å². The highest BCUT2D eigenvalue weighted by Crippen LogP contribution is 2.48. The van der Waals surface area contributed by atoms with E-state index < -0.39 is 88.8 Å². The van der Waals surface area contributed by atoms with Crippen LogP contribution in [0.2, 0.25) is 0 Å². The molecule has 2 amide bonds. The molecule has 7 nitrogen and oxygen atoms in total. The number of hydrogen-bond donors (Lipinski definition) is 2. The summed E-state index contributed by atoms with van der Waals surface area (Å²) in [6.07, 6.45) is -5.21. The molecule has 0 saturated heterocycles. The van der Waals surface area contributed by atoms with E-state index in [2.05, 4.69) is 15.4 Å². The molecule has 0 spiro atoms. The Hall–Kier alpha value is -4.82. The lowest BCUT2D eigenvalue weighted by atomic mass is 9.85. The number of aromatic nitrogens is 3. The Bertz CT molecular complexity index is 1800. The second-order valence-electron chi connectivity index (χ2n) is 11.1. The Balaban J connectivity index is 1.55. The molecule has 2 atom stereocenters. The topological polar surface area (TPSA) is 103 Å². The van der Waals surface area contributed by atoms with E-state index in [1.165, 1.54) is 31.3 Å². The summed E-state index contributed by atoms with van der Waals surface area (Å²) in [6, 6.07) is 7.83. The summed E-state index contributed by atoms with van der Waals surface area (Å²) in [6.45, 7) is 0.539. The Morgan fingerprint density at radius 2 is 1.78 bits per heavy atom. The van der Waals surface area contributed by atoms with Gasteiger partial charge in [0.25, 0.3) is 11.8 Å². The zero-order valence-electron chi connectivity index (χ0n) is 23.9. The van der Waals surface area contributed by atoms with Crippen molar-refractivity contribution in [3.63, 3.8) is 0 Å². The Morgan fingerprint density at radius 3 is 2.43 bits per heavy atom. The molecule has 4 aromatic rings. The highest BCUT2D eigenvalue weighted by atomic mass is 19.4. The molecule has 2 heterocycles. The van der Waals surface area contributed by atoms with Gasteiger partial charge in [0.2, 0.25) is 5.91 Å². The van der Waals surface area contributed by atoms with Crippen molar-refractivity contribution in [3.8, 4) is 11.1 Å². The molecule has 46 heavy (non-hydrogen) atoms. The van der Waals surface area contributed by atoms with Crippen LogP contribution in [0, 0.1) is 23.4 Å². The van der Waals surface area contributed by atoms with Gasteiger partial charge in [0.05, 0.1) is 22.9 Å². The second-order valence-corrected chi connectivity index (χ2v) is 11.1. The lowest BCUT2D eigenvalue weighted by molar-refractivity contribution is -0.147. The average Bonchev–Trinajstić information content (AvgIpc) is 3.31. The van der Waals surface area contributed by atoms with E-state index in [1.807, 2.05) is 0 Å². The van der Waals surface area contributed by atoms with Gasteiger partial charge in [-0.25, -0.2) is 22.0 Å². The van der Waals surface area contributed by atoms with Gasteiger partial charge in [-0.15, -0.1) is 0 Å². The van der Waals surface area contributed by atoms with Gasteiger partial charge in [-0.2, -0.15) is 18.3 Å². The summed E-state index contributed by atoms with van der Waals surface area (Å²) in [7, 11) is 0. The van der Waals surface area contributed by atoms with E-state index in [0.29, 0.717) is 10.7 Å². The van der Waals surface area contributed by atoms with Gasteiger partial charge >= 0.3 is 6.18 Å². The second kappa shape index (κ2) is 12.2.